The van der Waals surface area contributed by atoms with Crippen LogP contribution in [0.1, 0.15) is 31.4 Å². The highest BCUT2D eigenvalue weighted by Gasteiger charge is 2.16. The molecule has 1 rings (SSSR count). The second-order valence-corrected chi connectivity index (χ2v) is 6.31. The molecule has 0 radical (unpaired) electrons. The molecule has 0 aliphatic rings. The number of hydrazine groups is 1. The third kappa shape index (κ3) is 3.99. The molecule has 1 atom stereocenters. The molecule has 1 heterocycles. The molecule has 0 saturated carbocycles. The molecule has 7 nitrogen and oxygen atoms in total. The van der Waals surface area contributed by atoms with Crippen molar-refractivity contribution in [3.05, 3.63) is 11.8 Å². The summed E-state index contributed by atoms with van der Waals surface area (Å²) in [4.78, 5) is 0. The quantitative estimate of drug-likeness (QED) is 0.394. The minimum Gasteiger partial charge on any atom is -0.384 e. The van der Waals surface area contributed by atoms with Crippen molar-refractivity contribution in [3.8, 4) is 0 Å². The Morgan fingerprint density at radius 3 is 2.76 bits per heavy atom. The molecule has 1 unspecified atom stereocenters. The fourth-order valence-electron chi connectivity index (χ4n) is 1.56. The Balaban J connectivity index is 2.52. The largest absolute Gasteiger partial charge is 0.384 e. The van der Waals surface area contributed by atoms with Crippen LogP contribution in [-0.2, 0) is 9.84 Å². The van der Waals surface area contributed by atoms with Gasteiger partial charge in [0, 0.05) is 11.3 Å². The first-order valence-electron chi connectivity index (χ1n) is 5.45. The topological polar surface area (TPSA) is 127 Å². The van der Waals surface area contributed by atoms with Crippen LogP contribution in [-0.4, -0.2) is 30.1 Å². The van der Waals surface area contributed by atoms with Crippen LogP contribution in [0.4, 0.5) is 5.82 Å². The van der Waals surface area contributed by atoms with E-state index in [1.54, 1.807) is 13.1 Å². The lowest BCUT2D eigenvalue weighted by Crippen LogP contribution is -2.28. The number of nitrogens with two attached hydrogens (primary N) is 2. The summed E-state index contributed by atoms with van der Waals surface area (Å²) in [6.45, 7) is 1.64. The molecular formula is C9H19N5O2S. The normalized spacial score (nSPS) is 13.8. The van der Waals surface area contributed by atoms with E-state index >= 15 is 0 Å². The van der Waals surface area contributed by atoms with Gasteiger partial charge in [0.2, 0.25) is 0 Å². The zero-order chi connectivity index (χ0) is 12.9. The van der Waals surface area contributed by atoms with Crippen molar-refractivity contribution in [2.75, 3.05) is 17.2 Å². The molecule has 0 bridgehead atoms. The third-order valence-electron chi connectivity index (χ3n) is 2.66. The molecule has 1 aromatic rings. The third-order valence-corrected chi connectivity index (χ3v) is 4.45. The number of anilines is 1. The molecule has 17 heavy (non-hydrogen) atoms. The molecular weight excluding hydrogens is 242 g/mol. The van der Waals surface area contributed by atoms with Gasteiger partial charge in [-0.05, 0) is 12.8 Å². The van der Waals surface area contributed by atoms with E-state index in [1.165, 1.54) is 0 Å². The highest BCUT2D eigenvalue weighted by Crippen LogP contribution is 2.21. The molecule has 0 amide bonds. The Morgan fingerprint density at radius 2 is 2.29 bits per heavy atom. The van der Waals surface area contributed by atoms with Crippen molar-refractivity contribution < 1.29 is 8.42 Å². The van der Waals surface area contributed by atoms with Crippen molar-refractivity contribution in [3.63, 3.8) is 0 Å². The lowest BCUT2D eigenvalue weighted by molar-refractivity contribution is 0.508. The Bertz CT molecular complexity index is 442. The maximum absolute atomic E-state index is 11.3. The minimum atomic E-state index is -2.93. The highest BCUT2D eigenvalue weighted by atomic mass is 32.2. The summed E-state index contributed by atoms with van der Waals surface area (Å²) in [6, 6.07) is -0.180. The SMILES string of the molecule is CCS(=O)(=O)CCCC(NN)c1cn[nH]c1N. The molecule has 0 fully saturated rings. The summed E-state index contributed by atoms with van der Waals surface area (Å²) in [7, 11) is -2.93. The van der Waals surface area contributed by atoms with Crippen molar-refractivity contribution in [2.24, 2.45) is 5.84 Å². The van der Waals surface area contributed by atoms with Crippen molar-refractivity contribution >= 4 is 15.7 Å². The van der Waals surface area contributed by atoms with Crippen LogP contribution in [0.15, 0.2) is 6.20 Å². The Kier molecular flexibility index (Phi) is 4.91. The summed E-state index contributed by atoms with van der Waals surface area (Å²) < 4.78 is 22.7. The number of nitrogens with zero attached hydrogens (tertiary/aromatic N) is 1. The first-order chi connectivity index (χ1) is 8.00. The van der Waals surface area contributed by atoms with E-state index in [2.05, 4.69) is 15.6 Å². The number of rotatable bonds is 7. The van der Waals surface area contributed by atoms with Crippen molar-refractivity contribution in [1.82, 2.24) is 15.6 Å². The van der Waals surface area contributed by atoms with Gasteiger partial charge in [-0.3, -0.25) is 16.4 Å². The van der Waals surface area contributed by atoms with Gasteiger partial charge in [0.25, 0.3) is 0 Å². The lowest BCUT2D eigenvalue weighted by Gasteiger charge is -2.14. The molecule has 6 N–H and O–H groups in total. The number of sulfone groups is 1. The van der Waals surface area contributed by atoms with E-state index in [-0.39, 0.29) is 17.5 Å². The number of hydrogen-bond acceptors (Lipinski definition) is 6. The maximum atomic E-state index is 11.3. The number of nitrogens with one attached hydrogen (secondary N) is 2. The number of aromatic amines is 1. The summed E-state index contributed by atoms with van der Waals surface area (Å²) >= 11 is 0. The molecule has 0 aromatic carbocycles. The standard InChI is InChI=1S/C9H19N5O2S/c1-2-17(15,16)5-3-4-8(13-11)7-6-12-14-9(7)10/h6,8,13H,2-5,11H2,1H3,(H3,10,12,14). The molecule has 0 aliphatic heterocycles. The van der Waals surface area contributed by atoms with Gasteiger partial charge in [-0.2, -0.15) is 5.10 Å². The van der Waals surface area contributed by atoms with Gasteiger partial charge in [-0.15, -0.1) is 0 Å². The van der Waals surface area contributed by atoms with E-state index in [4.69, 9.17) is 11.6 Å². The summed E-state index contributed by atoms with van der Waals surface area (Å²) in [5.41, 5.74) is 9.05. The average Bonchev–Trinajstić information content (AvgIpc) is 2.71. The molecule has 98 valence electrons. The van der Waals surface area contributed by atoms with E-state index in [0.29, 0.717) is 18.7 Å². The zero-order valence-electron chi connectivity index (χ0n) is 9.81. The van der Waals surface area contributed by atoms with Crippen molar-refractivity contribution in [1.29, 1.82) is 0 Å². The van der Waals surface area contributed by atoms with E-state index < -0.39 is 9.84 Å². The highest BCUT2D eigenvalue weighted by molar-refractivity contribution is 7.91. The van der Waals surface area contributed by atoms with Gasteiger partial charge >= 0.3 is 0 Å². The second kappa shape index (κ2) is 5.99. The monoisotopic (exact) mass is 261 g/mol. The lowest BCUT2D eigenvalue weighted by atomic mass is 10.1. The van der Waals surface area contributed by atoms with Crippen LogP contribution in [0.5, 0.6) is 0 Å². The van der Waals surface area contributed by atoms with Crippen LogP contribution in [0, 0.1) is 0 Å². The maximum Gasteiger partial charge on any atom is 0.150 e. The predicted octanol–water partition coefficient (Wildman–Crippen LogP) is -0.289. The van der Waals surface area contributed by atoms with E-state index in [9.17, 15) is 8.42 Å². The molecule has 0 aliphatic carbocycles. The van der Waals surface area contributed by atoms with Crippen LogP contribution in [0.3, 0.4) is 0 Å². The van der Waals surface area contributed by atoms with Crippen LogP contribution < -0.4 is 17.0 Å². The van der Waals surface area contributed by atoms with E-state index in [0.717, 1.165) is 5.56 Å². The first kappa shape index (κ1) is 13.9. The zero-order valence-corrected chi connectivity index (χ0v) is 10.6. The number of hydrogen-bond donors (Lipinski definition) is 4. The van der Waals surface area contributed by atoms with Gasteiger partial charge in [0.15, 0.2) is 0 Å². The Labute approximate surface area is 101 Å². The van der Waals surface area contributed by atoms with Crippen LogP contribution >= 0.6 is 0 Å². The van der Waals surface area contributed by atoms with Crippen LogP contribution in [0.25, 0.3) is 0 Å². The number of H-pyrrole nitrogens is 1. The number of nitrogen functional groups attached to an aromatic ring is 1. The molecule has 1 aromatic heterocycles. The fourth-order valence-corrected chi connectivity index (χ4v) is 2.46. The van der Waals surface area contributed by atoms with Crippen LogP contribution in [0.2, 0.25) is 0 Å². The van der Waals surface area contributed by atoms with Gasteiger partial charge in [-0.1, -0.05) is 6.92 Å². The van der Waals surface area contributed by atoms with Gasteiger partial charge in [-0.25, -0.2) is 8.42 Å². The van der Waals surface area contributed by atoms with Gasteiger partial charge in [0.1, 0.15) is 15.7 Å². The van der Waals surface area contributed by atoms with Crippen molar-refractivity contribution in [2.45, 2.75) is 25.8 Å². The molecule has 0 spiro atoms. The molecule has 0 saturated heterocycles. The first-order valence-corrected chi connectivity index (χ1v) is 7.27. The Morgan fingerprint density at radius 1 is 1.59 bits per heavy atom. The fraction of sp³-hybridized carbons (Fsp3) is 0.667. The number of aromatic nitrogens is 2. The molecule has 8 heteroatoms. The second-order valence-electron chi connectivity index (χ2n) is 3.84. The summed E-state index contributed by atoms with van der Waals surface area (Å²) in [5.74, 6) is 6.20. The summed E-state index contributed by atoms with van der Waals surface area (Å²) in [5, 5.41) is 6.41. The smallest absolute Gasteiger partial charge is 0.150 e. The predicted molar refractivity (Wildman–Crippen MR) is 66.6 cm³/mol. The Hall–Kier alpha value is -1.12. The van der Waals surface area contributed by atoms with E-state index in [1.807, 2.05) is 0 Å². The summed E-state index contributed by atoms with van der Waals surface area (Å²) in [6.07, 6.45) is 2.73. The van der Waals surface area contributed by atoms with Gasteiger partial charge in [0.05, 0.1) is 18.0 Å². The average molecular weight is 261 g/mol. The van der Waals surface area contributed by atoms with Gasteiger partial charge < -0.3 is 5.73 Å². The minimum absolute atomic E-state index is 0.166.